The van der Waals surface area contributed by atoms with E-state index >= 15 is 0 Å². The Bertz CT molecular complexity index is 810. The van der Waals surface area contributed by atoms with Gasteiger partial charge in [-0.1, -0.05) is 30.7 Å². The Labute approximate surface area is 145 Å². The van der Waals surface area contributed by atoms with Gasteiger partial charge >= 0.3 is 0 Å². The van der Waals surface area contributed by atoms with Crippen molar-refractivity contribution in [2.24, 2.45) is 0 Å². The van der Waals surface area contributed by atoms with Crippen molar-refractivity contribution in [2.75, 3.05) is 0 Å². The summed E-state index contributed by atoms with van der Waals surface area (Å²) in [6.45, 7) is 4.47. The molecule has 0 saturated carbocycles. The molecule has 6 heteroatoms. The molecular formula is C18H20N4OS. The van der Waals surface area contributed by atoms with E-state index in [1.165, 1.54) is 5.56 Å². The quantitative estimate of drug-likeness (QED) is 0.746. The van der Waals surface area contributed by atoms with E-state index in [2.05, 4.69) is 40.5 Å². The number of rotatable bonds is 6. The number of nitrogens with zero attached hydrogens (tertiary/aromatic N) is 3. The molecule has 124 valence electrons. The highest BCUT2D eigenvalue weighted by atomic mass is 32.1. The molecule has 0 saturated heterocycles. The maximum absolute atomic E-state index is 12.4. The van der Waals surface area contributed by atoms with Crippen LogP contribution in [-0.2, 0) is 11.3 Å². The second-order valence-electron chi connectivity index (χ2n) is 5.64. The highest BCUT2D eigenvalue weighted by molar-refractivity contribution is 7.13. The zero-order valence-electron chi connectivity index (χ0n) is 13.8. The van der Waals surface area contributed by atoms with Crippen LogP contribution < -0.4 is 5.32 Å². The van der Waals surface area contributed by atoms with Crippen LogP contribution in [0.4, 0.5) is 0 Å². The molecule has 2 aromatic heterocycles. The zero-order valence-corrected chi connectivity index (χ0v) is 14.6. The molecule has 0 fully saturated rings. The van der Waals surface area contributed by atoms with Crippen molar-refractivity contribution < 1.29 is 4.79 Å². The van der Waals surface area contributed by atoms with Crippen LogP contribution in [0.5, 0.6) is 0 Å². The second-order valence-corrected chi connectivity index (χ2v) is 6.50. The van der Waals surface area contributed by atoms with Crippen LogP contribution >= 0.6 is 11.3 Å². The number of carbonyl (C=O) groups excluding carboxylic acids is 1. The highest BCUT2D eigenvalue weighted by Crippen LogP contribution is 2.24. The molecule has 0 aliphatic carbocycles. The van der Waals surface area contributed by atoms with Gasteiger partial charge in [-0.3, -0.25) is 9.48 Å². The summed E-state index contributed by atoms with van der Waals surface area (Å²) in [5, 5.41) is 10.1. The maximum Gasteiger partial charge on any atom is 0.245 e. The molecule has 1 N–H and O–H groups in total. The van der Waals surface area contributed by atoms with Crippen molar-refractivity contribution in [1.82, 2.24) is 20.1 Å². The first kappa shape index (κ1) is 16.4. The SMILES string of the molecule is CCC(C(=O)NCc1csc(-c2cccc(C)c2)n1)n1cccn1. The predicted molar refractivity (Wildman–Crippen MR) is 95.7 cm³/mol. The molecule has 3 aromatic rings. The van der Waals surface area contributed by atoms with Crippen molar-refractivity contribution in [3.8, 4) is 10.6 Å². The van der Waals surface area contributed by atoms with Gasteiger partial charge in [-0.25, -0.2) is 4.98 Å². The number of hydrogen-bond acceptors (Lipinski definition) is 4. The first-order valence-electron chi connectivity index (χ1n) is 7.95. The number of hydrogen-bond donors (Lipinski definition) is 1. The van der Waals surface area contributed by atoms with Crippen molar-refractivity contribution in [3.05, 3.63) is 59.4 Å². The maximum atomic E-state index is 12.4. The van der Waals surface area contributed by atoms with E-state index in [0.717, 1.165) is 16.3 Å². The fourth-order valence-corrected chi connectivity index (χ4v) is 3.37. The number of nitrogens with one attached hydrogen (secondary N) is 1. The van der Waals surface area contributed by atoms with E-state index in [1.807, 2.05) is 30.6 Å². The van der Waals surface area contributed by atoms with Crippen LogP contribution in [0.2, 0.25) is 0 Å². The van der Waals surface area contributed by atoms with Crippen molar-refractivity contribution >= 4 is 17.2 Å². The van der Waals surface area contributed by atoms with Gasteiger partial charge in [0.25, 0.3) is 0 Å². The lowest BCUT2D eigenvalue weighted by Gasteiger charge is -2.14. The molecule has 1 atom stereocenters. The Morgan fingerprint density at radius 1 is 1.38 bits per heavy atom. The summed E-state index contributed by atoms with van der Waals surface area (Å²) in [6.07, 6.45) is 4.19. The Morgan fingerprint density at radius 3 is 2.96 bits per heavy atom. The normalized spacial score (nSPS) is 12.1. The van der Waals surface area contributed by atoms with E-state index in [-0.39, 0.29) is 11.9 Å². The van der Waals surface area contributed by atoms with Crippen molar-refractivity contribution in [3.63, 3.8) is 0 Å². The summed E-state index contributed by atoms with van der Waals surface area (Å²) in [6, 6.07) is 9.81. The third-order valence-electron chi connectivity index (χ3n) is 3.79. The van der Waals surface area contributed by atoms with Gasteiger partial charge in [0.2, 0.25) is 5.91 Å². The van der Waals surface area contributed by atoms with E-state index in [0.29, 0.717) is 13.0 Å². The average Bonchev–Trinajstić information content (AvgIpc) is 3.26. The van der Waals surface area contributed by atoms with Crippen molar-refractivity contribution in [1.29, 1.82) is 0 Å². The minimum atomic E-state index is -0.283. The van der Waals surface area contributed by atoms with Gasteiger partial charge in [0.15, 0.2) is 0 Å². The first-order chi connectivity index (χ1) is 11.7. The van der Waals surface area contributed by atoms with Crippen molar-refractivity contribution in [2.45, 2.75) is 32.9 Å². The minimum absolute atomic E-state index is 0.0358. The molecule has 0 radical (unpaired) electrons. The Kier molecular flexibility index (Phi) is 5.05. The Balaban J connectivity index is 1.64. The standard InChI is InChI=1S/C18H20N4OS/c1-3-16(22-9-5-8-20-22)17(23)19-11-15-12-24-18(21-15)14-7-4-6-13(2)10-14/h4-10,12,16H,3,11H2,1-2H3,(H,19,23). The van der Waals surface area contributed by atoms with Gasteiger partial charge in [-0.15, -0.1) is 11.3 Å². The Morgan fingerprint density at radius 2 is 2.25 bits per heavy atom. The average molecular weight is 340 g/mol. The molecule has 0 spiro atoms. The van der Waals surface area contributed by atoms with E-state index < -0.39 is 0 Å². The van der Waals surface area contributed by atoms with Gasteiger partial charge < -0.3 is 5.32 Å². The number of aryl methyl sites for hydroxylation is 1. The third-order valence-corrected chi connectivity index (χ3v) is 4.73. The highest BCUT2D eigenvalue weighted by Gasteiger charge is 2.18. The van der Waals surface area contributed by atoms with E-state index in [4.69, 9.17) is 0 Å². The molecule has 0 aliphatic heterocycles. The smallest absolute Gasteiger partial charge is 0.245 e. The van der Waals surface area contributed by atoms with Crippen LogP contribution in [0.3, 0.4) is 0 Å². The molecule has 1 unspecified atom stereocenters. The fourth-order valence-electron chi connectivity index (χ4n) is 2.55. The fraction of sp³-hybridized carbons (Fsp3) is 0.278. The summed E-state index contributed by atoms with van der Waals surface area (Å²) in [5.74, 6) is -0.0358. The van der Waals surface area contributed by atoms with Gasteiger partial charge in [0.1, 0.15) is 11.0 Å². The van der Waals surface area contributed by atoms with Crippen LogP contribution in [0.15, 0.2) is 48.1 Å². The topological polar surface area (TPSA) is 59.8 Å². The van der Waals surface area contributed by atoms with Gasteiger partial charge in [0, 0.05) is 23.3 Å². The Hall–Kier alpha value is -2.47. The molecule has 5 nitrogen and oxygen atoms in total. The predicted octanol–water partition coefficient (Wildman–Crippen LogP) is 3.58. The summed E-state index contributed by atoms with van der Waals surface area (Å²) in [4.78, 5) is 17.0. The van der Waals surface area contributed by atoms with E-state index in [9.17, 15) is 4.79 Å². The lowest BCUT2D eigenvalue weighted by atomic mass is 10.1. The van der Waals surface area contributed by atoms with Gasteiger partial charge in [-0.05, 0) is 25.5 Å². The van der Waals surface area contributed by atoms with E-state index in [1.54, 1.807) is 22.2 Å². The van der Waals surface area contributed by atoms with Crippen LogP contribution in [0.25, 0.3) is 10.6 Å². The molecule has 3 rings (SSSR count). The van der Waals surface area contributed by atoms with Crippen LogP contribution in [0.1, 0.15) is 30.6 Å². The van der Waals surface area contributed by atoms with Gasteiger partial charge in [-0.2, -0.15) is 5.10 Å². The molecule has 1 amide bonds. The second kappa shape index (κ2) is 7.40. The number of amides is 1. The zero-order chi connectivity index (χ0) is 16.9. The largest absolute Gasteiger partial charge is 0.349 e. The molecular weight excluding hydrogens is 320 g/mol. The molecule has 2 heterocycles. The van der Waals surface area contributed by atoms with Crippen LogP contribution in [-0.4, -0.2) is 20.7 Å². The number of benzene rings is 1. The van der Waals surface area contributed by atoms with Crippen LogP contribution in [0, 0.1) is 6.92 Å². The lowest BCUT2D eigenvalue weighted by molar-refractivity contribution is -0.124. The third kappa shape index (κ3) is 3.71. The summed E-state index contributed by atoms with van der Waals surface area (Å²) >= 11 is 1.59. The molecule has 0 aliphatic rings. The number of carbonyl (C=O) groups is 1. The summed E-state index contributed by atoms with van der Waals surface area (Å²) < 4.78 is 1.69. The minimum Gasteiger partial charge on any atom is -0.349 e. The first-order valence-corrected chi connectivity index (χ1v) is 8.83. The molecule has 24 heavy (non-hydrogen) atoms. The molecule has 0 bridgehead atoms. The van der Waals surface area contributed by atoms with Gasteiger partial charge in [0.05, 0.1) is 12.2 Å². The summed E-state index contributed by atoms with van der Waals surface area (Å²) in [5.41, 5.74) is 3.20. The number of thiazole rings is 1. The molecule has 1 aromatic carbocycles. The monoisotopic (exact) mass is 340 g/mol. The summed E-state index contributed by atoms with van der Waals surface area (Å²) in [7, 11) is 0. The lowest BCUT2D eigenvalue weighted by Crippen LogP contribution is -2.32. The number of aromatic nitrogens is 3.